The number of carbonyl (C=O) groups excluding carboxylic acids is 1. The van der Waals surface area contributed by atoms with E-state index in [9.17, 15) is 9.90 Å². The Morgan fingerprint density at radius 3 is 2.68 bits per heavy atom. The zero-order valence-corrected chi connectivity index (χ0v) is 12.3. The van der Waals surface area contributed by atoms with Gasteiger partial charge in [0.25, 0.3) is 0 Å². The van der Waals surface area contributed by atoms with Crippen LogP contribution < -0.4 is 5.73 Å². The maximum absolute atomic E-state index is 12.6. The number of aliphatic hydroxyl groups is 1. The second kappa shape index (κ2) is 5.80. The van der Waals surface area contributed by atoms with Crippen LogP contribution in [0, 0.1) is 11.8 Å². The van der Waals surface area contributed by atoms with E-state index in [4.69, 9.17) is 5.73 Å². The number of nitrogens with two attached hydrogens (primary N) is 1. The van der Waals surface area contributed by atoms with Gasteiger partial charge in [-0.05, 0) is 51.4 Å². The molecule has 0 aromatic rings. The van der Waals surface area contributed by atoms with Crippen LogP contribution in [0.15, 0.2) is 0 Å². The number of hydrogen-bond donors (Lipinski definition) is 2. The van der Waals surface area contributed by atoms with E-state index < -0.39 is 5.60 Å². The van der Waals surface area contributed by atoms with E-state index in [0.717, 1.165) is 38.6 Å². The molecule has 4 heteroatoms. The van der Waals surface area contributed by atoms with Gasteiger partial charge < -0.3 is 15.7 Å². The van der Waals surface area contributed by atoms with Crippen LogP contribution in [0.1, 0.15) is 52.4 Å². The van der Waals surface area contributed by atoms with E-state index >= 15 is 0 Å². The number of rotatable bonds is 1. The SMILES string of the molecule is CC1CC(N)CC(C(=O)N2CCCC(C)(O)CC2)C1. The maximum Gasteiger partial charge on any atom is 0.225 e. The van der Waals surface area contributed by atoms with E-state index in [-0.39, 0.29) is 17.9 Å². The molecule has 1 heterocycles. The monoisotopic (exact) mass is 268 g/mol. The van der Waals surface area contributed by atoms with Gasteiger partial charge in [-0.1, -0.05) is 6.92 Å². The Labute approximate surface area is 116 Å². The largest absolute Gasteiger partial charge is 0.390 e. The molecule has 1 saturated heterocycles. The summed E-state index contributed by atoms with van der Waals surface area (Å²) < 4.78 is 0. The topological polar surface area (TPSA) is 66.6 Å². The minimum atomic E-state index is -0.606. The van der Waals surface area contributed by atoms with Crippen LogP contribution in [0.5, 0.6) is 0 Å². The Kier molecular flexibility index (Phi) is 4.51. The fourth-order valence-electron chi connectivity index (χ4n) is 3.60. The predicted octanol–water partition coefficient (Wildman–Crippen LogP) is 1.51. The predicted molar refractivity (Wildman–Crippen MR) is 75.5 cm³/mol. The van der Waals surface area contributed by atoms with Crippen molar-refractivity contribution in [2.45, 2.75) is 64.0 Å². The van der Waals surface area contributed by atoms with E-state index in [0.29, 0.717) is 18.9 Å². The van der Waals surface area contributed by atoms with Gasteiger partial charge in [0.1, 0.15) is 0 Å². The highest BCUT2D eigenvalue weighted by Gasteiger charge is 2.34. The summed E-state index contributed by atoms with van der Waals surface area (Å²) in [6, 6.07) is 0.174. The Hall–Kier alpha value is -0.610. The van der Waals surface area contributed by atoms with Gasteiger partial charge in [-0.15, -0.1) is 0 Å². The first-order valence-corrected chi connectivity index (χ1v) is 7.64. The van der Waals surface area contributed by atoms with Gasteiger partial charge in [-0.2, -0.15) is 0 Å². The molecule has 4 unspecified atom stereocenters. The van der Waals surface area contributed by atoms with Crippen molar-refractivity contribution in [3.63, 3.8) is 0 Å². The molecule has 1 aliphatic heterocycles. The highest BCUT2D eigenvalue weighted by Crippen LogP contribution is 2.30. The maximum atomic E-state index is 12.6. The molecular formula is C15H28N2O2. The van der Waals surface area contributed by atoms with Gasteiger partial charge in [-0.25, -0.2) is 0 Å². The first kappa shape index (κ1) is 14.8. The van der Waals surface area contributed by atoms with Crippen molar-refractivity contribution < 1.29 is 9.90 Å². The molecule has 0 bridgehead atoms. The highest BCUT2D eigenvalue weighted by atomic mass is 16.3. The smallest absolute Gasteiger partial charge is 0.225 e. The van der Waals surface area contributed by atoms with Crippen LogP contribution in [0.25, 0.3) is 0 Å². The molecule has 2 rings (SSSR count). The third-order valence-electron chi connectivity index (χ3n) is 4.70. The lowest BCUT2D eigenvalue weighted by Crippen LogP contribution is -2.43. The molecule has 2 fully saturated rings. The zero-order chi connectivity index (χ0) is 14.0. The minimum Gasteiger partial charge on any atom is -0.390 e. The van der Waals surface area contributed by atoms with Gasteiger partial charge in [0.15, 0.2) is 0 Å². The Bertz CT molecular complexity index is 320. The Morgan fingerprint density at radius 1 is 1.26 bits per heavy atom. The number of likely N-dealkylation sites (tertiary alicyclic amines) is 1. The molecule has 3 N–H and O–H groups in total. The van der Waals surface area contributed by atoms with Gasteiger partial charge in [0.05, 0.1) is 5.60 Å². The average molecular weight is 268 g/mol. The number of amides is 1. The highest BCUT2D eigenvalue weighted by molar-refractivity contribution is 5.79. The van der Waals surface area contributed by atoms with Crippen LogP contribution in [-0.2, 0) is 4.79 Å². The molecule has 1 saturated carbocycles. The van der Waals surface area contributed by atoms with Crippen molar-refractivity contribution >= 4 is 5.91 Å². The van der Waals surface area contributed by atoms with Crippen molar-refractivity contribution in [3.8, 4) is 0 Å². The molecule has 2 aliphatic rings. The van der Waals surface area contributed by atoms with Gasteiger partial charge in [0.2, 0.25) is 5.91 Å². The molecule has 1 amide bonds. The molecule has 19 heavy (non-hydrogen) atoms. The fraction of sp³-hybridized carbons (Fsp3) is 0.933. The second-order valence-electron chi connectivity index (χ2n) is 6.95. The summed E-state index contributed by atoms with van der Waals surface area (Å²) in [6.45, 7) is 5.53. The van der Waals surface area contributed by atoms with Crippen molar-refractivity contribution in [1.82, 2.24) is 4.90 Å². The van der Waals surface area contributed by atoms with Crippen molar-refractivity contribution in [2.75, 3.05) is 13.1 Å². The van der Waals surface area contributed by atoms with E-state index in [1.165, 1.54) is 0 Å². The fourth-order valence-corrected chi connectivity index (χ4v) is 3.60. The number of nitrogens with zero attached hydrogens (tertiary/aromatic N) is 1. The molecule has 4 atom stereocenters. The van der Waals surface area contributed by atoms with Crippen molar-refractivity contribution in [2.24, 2.45) is 17.6 Å². The summed E-state index contributed by atoms with van der Waals surface area (Å²) in [5.74, 6) is 0.911. The summed E-state index contributed by atoms with van der Waals surface area (Å²) in [5.41, 5.74) is 5.44. The van der Waals surface area contributed by atoms with E-state index in [2.05, 4.69) is 6.92 Å². The summed E-state index contributed by atoms with van der Waals surface area (Å²) in [5, 5.41) is 10.1. The first-order valence-electron chi connectivity index (χ1n) is 7.64. The molecule has 110 valence electrons. The van der Waals surface area contributed by atoms with Crippen LogP contribution in [-0.4, -0.2) is 40.6 Å². The Balaban J connectivity index is 1.95. The van der Waals surface area contributed by atoms with Crippen molar-refractivity contribution in [1.29, 1.82) is 0 Å². The third-order valence-corrected chi connectivity index (χ3v) is 4.70. The molecule has 4 nitrogen and oxygen atoms in total. The second-order valence-corrected chi connectivity index (χ2v) is 6.95. The zero-order valence-electron chi connectivity index (χ0n) is 12.3. The lowest BCUT2D eigenvalue weighted by molar-refractivity contribution is -0.137. The third kappa shape index (κ3) is 3.93. The lowest BCUT2D eigenvalue weighted by atomic mass is 9.79. The number of carbonyl (C=O) groups is 1. The standard InChI is InChI=1S/C15H28N2O2/c1-11-8-12(10-13(16)9-11)14(18)17-6-3-4-15(2,19)5-7-17/h11-13,19H,3-10,16H2,1-2H3. The average Bonchev–Trinajstić information content (AvgIpc) is 2.48. The molecular weight excluding hydrogens is 240 g/mol. The lowest BCUT2D eigenvalue weighted by Gasteiger charge is -2.34. The Morgan fingerprint density at radius 2 is 2.00 bits per heavy atom. The summed E-state index contributed by atoms with van der Waals surface area (Å²) in [7, 11) is 0. The van der Waals surface area contributed by atoms with Gasteiger partial charge in [-0.3, -0.25) is 4.79 Å². The normalized spacial score (nSPS) is 40.8. The van der Waals surface area contributed by atoms with Crippen LogP contribution in [0.4, 0.5) is 0 Å². The van der Waals surface area contributed by atoms with Crippen LogP contribution in [0.3, 0.4) is 0 Å². The van der Waals surface area contributed by atoms with Crippen molar-refractivity contribution in [3.05, 3.63) is 0 Å². The molecule has 0 spiro atoms. The van der Waals surface area contributed by atoms with Gasteiger partial charge >= 0.3 is 0 Å². The van der Waals surface area contributed by atoms with E-state index in [1.54, 1.807) is 0 Å². The molecule has 0 aromatic heterocycles. The minimum absolute atomic E-state index is 0.0989. The van der Waals surface area contributed by atoms with E-state index in [1.807, 2.05) is 11.8 Å². The quantitative estimate of drug-likeness (QED) is 0.757. The summed E-state index contributed by atoms with van der Waals surface area (Å²) in [4.78, 5) is 14.6. The van der Waals surface area contributed by atoms with Gasteiger partial charge in [0, 0.05) is 25.0 Å². The van der Waals surface area contributed by atoms with Crippen LogP contribution >= 0.6 is 0 Å². The van der Waals surface area contributed by atoms with Crippen LogP contribution in [0.2, 0.25) is 0 Å². The molecule has 1 aliphatic carbocycles. The summed E-state index contributed by atoms with van der Waals surface area (Å²) in [6.07, 6.45) is 5.21. The molecule has 0 aromatic carbocycles. The first-order chi connectivity index (χ1) is 8.87. The summed E-state index contributed by atoms with van der Waals surface area (Å²) >= 11 is 0. The molecule has 0 radical (unpaired) electrons. The number of hydrogen-bond acceptors (Lipinski definition) is 3.